The maximum Gasteiger partial charge on any atom is 0.416 e. The van der Waals surface area contributed by atoms with Gasteiger partial charge in [0, 0.05) is 12.7 Å². The second-order valence-corrected chi connectivity index (χ2v) is 5.94. The minimum atomic E-state index is -4.46. The van der Waals surface area contributed by atoms with Gasteiger partial charge in [-0.25, -0.2) is 14.6 Å². The minimum Gasteiger partial charge on any atom is -0.325 e. The molecule has 0 radical (unpaired) electrons. The lowest BCUT2D eigenvalue weighted by Crippen LogP contribution is -2.15. The lowest BCUT2D eigenvalue weighted by atomic mass is 10.2. The van der Waals surface area contributed by atoms with Crippen molar-refractivity contribution in [1.29, 1.82) is 0 Å². The minimum absolute atomic E-state index is 0.0427. The van der Waals surface area contributed by atoms with Crippen LogP contribution in [-0.4, -0.2) is 36.6 Å². The maximum absolute atomic E-state index is 12.7. The van der Waals surface area contributed by atoms with Crippen molar-refractivity contribution in [1.82, 2.24) is 25.0 Å². The molecule has 11 heteroatoms. The Bertz CT molecular complexity index is 926. The van der Waals surface area contributed by atoms with E-state index in [1.165, 1.54) is 23.1 Å². The number of fused-ring (bicyclic) bond motifs is 1. The van der Waals surface area contributed by atoms with Gasteiger partial charge in [-0.1, -0.05) is 23.0 Å². The summed E-state index contributed by atoms with van der Waals surface area (Å²) in [6.07, 6.45) is -3.13. The Morgan fingerprint density at radius 1 is 1.32 bits per heavy atom. The van der Waals surface area contributed by atoms with Crippen LogP contribution in [0, 0.1) is 0 Å². The molecule has 0 aliphatic rings. The molecule has 0 bridgehead atoms. The molecule has 2 heterocycles. The van der Waals surface area contributed by atoms with Crippen molar-refractivity contribution in [2.75, 3.05) is 11.1 Å². The number of carbonyl (C=O) groups is 1. The molecule has 130 valence electrons. The highest BCUT2D eigenvalue weighted by atomic mass is 32.2. The fourth-order valence-electron chi connectivity index (χ4n) is 2.04. The monoisotopic (exact) mass is 368 g/mol. The quantitative estimate of drug-likeness (QED) is 0.563. The SMILES string of the molecule is Cn1nnc2c(SCC(=O)Nc3cccc(C(F)(F)F)c3)ncnc21. The van der Waals surface area contributed by atoms with Crippen molar-refractivity contribution in [2.24, 2.45) is 7.05 Å². The van der Waals surface area contributed by atoms with E-state index in [1.807, 2.05) is 0 Å². The van der Waals surface area contributed by atoms with Gasteiger partial charge >= 0.3 is 6.18 Å². The number of nitrogens with zero attached hydrogens (tertiary/aromatic N) is 5. The molecule has 3 rings (SSSR count). The average molecular weight is 368 g/mol. The molecule has 0 atom stereocenters. The highest BCUT2D eigenvalue weighted by Gasteiger charge is 2.30. The third-order valence-corrected chi connectivity index (χ3v) is 4.15. The first-order chi connectivity index (χ1) is 11.8. The van der Waals surface area contributed by atoms with Crippen LogP contribution in [0.15, 0.2) is 35.6 Å². The van der Waals surface area contributed by atoms with Crippen molar-refractivity contribution in [2.45, 2.75) is 11.2 Å². The van der Waals surface area contributed by atoms with Crippen LogP contribution in [0.3, 0.4) is 0 Å². The van der Waals surface area contributed by atoms with Crippen LogP contribution in [-0.2, 0) is 18.0 Å². The number of rotatable bonds is 4. The van der Waals surface area contributed by atoms with Crippen LogP contribution in [0.5, 0.6) is 0 Å². The largest absolute Gasteiger partial charge is 0.416 e. The number of anilines is 1. The van der Waals surface area contributed by atoms with Crippen molar-refractivity contribution >= 4 is 34.5 Å². The standard InChI is InChI=1S/C14H11F3N6OS/c1-23-12-11(21-22-23)13(19-7-18-12)25-6-10(24)20-9-4-2-3-8(5-9)14(15,16)17/h2-5,7H,6H2,1H3,(H,20,24). The van der Waals surface area contributed by atoms with Gasteiger partial charge in [0.1, 0.15) is 11.4 Å². The average Bonchev–Trinajstić information content (AvgIpc) is 2.94. The molecule has 25 heavy (non-hydrogen) atoms. The van der Waals surface area contributed by atoms with Gasteiger partial charge in [-0.3, -0.25) is 4.79 Å². The number of alkyl halides is 3. The Labute approximate surface area is 143 Å². The first-order valence-electron chi connectivity index (χ1n) is 6.95. The number of carbonyl (C=O) groups excluding carboxylic acids is 1. The molecule has 3 aromatic rings. The first-order valence-corrected chi connectivity index (χ1v) is 7.93. The molecule has 0 saturated heterocycles. The Kier molecular flexibility index (Phi) is 4.57. The lowest BCUT2D eigenvalue weighted by Gasteiger charge is -2.09. The van der Waals surface area contributed by atoms with E-state index in [0.29, 0.717) is 16.2 Å². The van der Waals surface area contributed by atoms with Gasteiger partial charge in [0.15, 0.2) is 11.2 Å². The van der Waals surface area contributed by atoms with E-state index in [1.54, 1.807) is 7.05 Å². The summed E-state index contributed by atoms with van der Waals surface area (Å²) in [7, 11) is 1.68. The van der Waals surface area contributed by atoms with Crippen LogP contribution < -0.4 is 5.32 Å². The van der Waals surface area contributed by atoms with E-state index in [2.05, 4.69) is 25.6 Å². The summed E-state index contributed by atoms with van der Waals surface area (Å²) >= 11 is 1.10. The Morgan fingerprint density at radius 3 is 2.88 bits per heavy atom. The zero-order valence-corrected chi connectivity index (χ0v) is 13.6. The molecule has 0 aliphatic heterocycles. The molecular weight excluding hydrogens is 357 g/mol. The number of halogens is 3. The molecule has 2 aromatic heterocycles. The van der Waals surface area contributed by atoms with Crippen molar-refractivity contribution in [3.8, 4) is 0 Å². The summed E-state index contributed by atoms with van der Waals surface area (Å²) < 4.78 is 39.5. The predicted molar refractivity (Wildman–Crippen MR) is 84.9 cm³/mol. The van der Waals surface area contributed by atoms with E-state index in [0.717, 1.165) is 23.9 Å². The smallest absolute Gasteiger partial charge is 0.325 e. The van der Waals surface area contributed by atoms with Gasteiger partial charge in [0.05, 0.1) is 11.3 Å². The van der Waals surface area contributed by atoms with Crippen molar-refractivity contribution < 1.29 is 18.0 Å². The van der Waals surface area contributed by atoms with Crippen molar-refractivity contribution in [3.05, 3.63) is 36.2 Å². The fourth-order valence-corrected chi connectivity index (χ4v) is 2.77. The summed E-state index contributed by atoms with van der Waals surface area (Å²) in [4.78, 5) is 20.1. The zero-order valence-electron chi connectivity index (χ0n) is 12.8. The molecular formula is C14H11F3N6OS. The van der Waals surface area contributed by atoms with E-state index in [9.17, 15) is 18.0 Å². The van der Waals surface area contributed by atoms with Gasteiger partial charge in [-0.05, 0) is 18.2 Å². The number of benzene rings is 1. The third kappa shape index (κ3) is 3.87. The number of nitrogens with one attached hydrogen (secondary N) is 1. The highest BCUT2D eigenvalue weighted by molar-refractivity contribution is 8.00. The summed E-state index contributed by atoms with van der Waals surface area (Å²) in [5.74, 6) is -0.501. The second-order valence-electron chi connectivity index (χ2n) is 4.98. The predicted octanol–water partition coefficient (Wildman–Crippen LogP) is 2.51. The van der Waals surface area contributed by atoms with E-state index in [-0.39, 0.29) is 11.4 Å². The second kappa shape index (κ2) is 6.67. The summed E-state index contributed by atoms with van der Waals surface area (Å²) in [6, 6.07) is 4.45. The van der Waals surface area contributed by atoms with Gasteiger partial charge in [-0.15, -0.1) is 5.10 Å². The van der Waals surface area contributed by atoms with Crippen LogP contribution in [0.1, 0.15) is 5.56 Å². The molecule has 1 aromatic carbocycles. The van der Waals surface area contributed by atoms with Gasteiger partial charge < -0.3 is 5.32 Å². The van der Waals surface area contributed by atoms with Gasteiger partial charge in [0.2, 0.25) is 5.91 Å². The summed E-state index contributed by atoms with van der Waals surface area (Å²) in [5, 5.41) is 10.7. The fraction of sp³-hybridized carbons (Fsp3) is 0.214. The molecule has 0 spiro atoms. The zero-order chi connectivity index (χ0) is 18.0. The number of thioether (sulfide) groups is 1. The van der Waals surface area contributed by atoms with Crippen molar-refractivity contribution in [3.63, 3.8) is 0 Å². The van der Waals surface area contributed by atoms with E-state index < -0.39 is 17.6 Å². The van der Waals surface area contributed by atoms with E-state index in [4.69, 9.17) is 0 Å². The highest BCUT2D eigenvalue weighted by Crippen LogP contribution is 2.30. The molecule has 0 unspecified atom stereocenters. The topological polar surface area (TPSA) is 85.6 Å². The number of aryl methyl sites for hydroxylation is 1. The van der Waals surface area contributed by atoms with Crippen LogP contribution in [0.4, 0.5) is 18.9 Å². The van der Waals surface area contributed by atoms with E-state index >= 15 is 0 Å². The third-order valence-electron chi connectivity index (χ3n) is 3.17. The maximum atomic E-state index is 12.7. The van der Waals surface area contributed by atoms with Gasteiger partial charge in [-0.2, -0.15) is 13.2 Å². The molecule has 0 aliphatic carbocycles. The first kappa shape index (κ1) is 17.1. The number of amides is 1. The Morgan fingerprint density at radius 2 is 2.12 bits per heavy atom. The van der Waals surface area contributed by atoms with Crippen LogP contribution >= 0.6 is 11.8 Å². The Hall–Kier alpha value is -2.69. The van der Waals surface area contributed by atoms with Crippen LogP contribution in [0.25, 0.3) is 11.2 Å². The summed E-state index contributed by atoms with van der Waals surface area (Å²) in [5.41, 5.74) is 0.237. The molecule has 7 nitrogen and oxygen atoms in total. The molecule has 1 amide bonds. The molecule has 0 fully saturated rings. The lowest BCUT2D eigenvalue weighted by molar-refractivity contribution is -0.137. The number of hydrogen-bond donors (Lipinski definition) is 1. The summed E-state index contributed by atoms with van der Waals surface area (Å²) in [6.45, 7) is 0. The molecule has 1 N–H and O–H groups in total. The number of aromatic nitrogens is 5. The van der Waals surface area contributed by atoms with Gasteiger partial charge in [0.25, 0.3) is 0 Å². The Balaban J connectivity index is 1.67. The van der Waals surface area contributed by atoms with Crippen LogP contribution in [0.2, 0.25) is 0 Å². The molecule has 0 saturated carbocycles. The normalized spacial score (nSPS) is 11.7. The number of hydrogen-bond acceptors (Lipinski definition) is 6.